The second kappa shape index (κ2) is 9.74. The average Bonchev–Trinajstić information content (AvgIpc) is 3.01. The standard InChI is InChI=1S/C23H32O6/c1-5-6-19-22-20(28-23(2,3)29-22)13-11-18(12-14-21(24)27-19)26-15-16-7-9-17(25-4)10-8-16/h7-11,13,18-20,22H,5-6,12,14-15H2,1-4H3/b13-11+/t18-,19-,20+,22-/m1/s1. The van der Waals surface area contributed by atoms with Crippen LogP contribution in [0.15, 0.2) is 36.4 Å². The van der Waals surface area contributed by atoms with Crippen LogP contribution in [0.4, 0.5) is 0 Å². The van der Waals surface area contributed by atoms with Crippen LogP contribution in [0, 0.1) is 0 Å². The van der Waals surface area contributed by atoms with Crippen molar-refractivity contribution < 1.29 is 28.5 Å². The van der Waals surface area contributed by atoms with Crippen LogP contribution < -0.4 is 4.74 Å². The van der Waals surface area contributed by atoms with Crippen LogP contribution >= 0.6 is 0 Å². The van der Waals surface area contributed by atoms with Crippen LogP contribution in [0.1, 0.15) is 52.0 Å². The predicted octanol–water partition coefficient (Wildman–Crippen LogP) is 4.16. The molecule has 6 nitrogen and oxygen atoms in total. The highest BCUT2D eigenvalue weighted by Gasteiger charge is 2.45. The molecule has 0 radical (unpaired) electrons. The number of cyclic esters (lactones) is 1. The van der Waals surface area contributed by atoms with Crippen LogP contribution in [-0.4, -0.2) is 43.3 Å². The Bertz CT molecular complexity index is 696. The molecule has 0 aliphatic carbocycles. The molecule has 2 heterocycles. The van der Waals surface area contributed by atoms with E-state index in [1.165, 1.54) is 0 Å². The van der Waals surface area contributed by atoms with Crippen LogP contribution in [0.5, 0.6) is 5.75 Å². The van der Waals surface area contributed by atoms with Gasteiger partial charge in [0.15, 0.2) is 5.79 Å². The van der Waals surface area contributed by atoms with Crippen LogP contribution in [0.3, 0.4) is 0 Å². The minimum Gasteiger partial charge on any atom is -0.497 e. The Balaban J connectivity index is 1.71. The number of ether oxygens (including phenoxy) is 5. The van der Waals surface area contributed by atoms with Gasteiger partial charge in [-0.15, -0.1) is 0 Å². The predicted molar refractivity (Wildman–Crippen MR) is 109 cm³/mol. The summed E-state index contributed by atoms with van der Waals surface area (Å²) in [6.45, 7) is 6.29. The topological polar surface area (TPSA) is 63.2 Å². The Hall–Kier alpha value is -1.89. The molecular weight excluding hydrogens is 372 g/mol. The second-order valence-corrected chi connectivity index (χ2v) is 8.00. The van der Waals surface area contributed by atoms with Crippen molar-refractivity contribution in [3.8, 4) is 5.75 Å². The number of hydrogen-bond acceptors (Lipinski definition) is 6. The zero-order valence-corrected chi connectivity index (χ0v) is 17.8. The Morgan fingerprint density at radius 1 is 1.14 bits per heavy atom. The highest BCUT2D eigenvalue weighted by molar-refractivity contribution is 5.69. The average molecular weight is 405 g/mol. The van der Waals surface area contributed by atoms with Gasteiger partial charge in [-0.25, -0.2) is 0 Å². The van der Waals surface area contributed by atoms with Crippen molar-refractivity contribution in [2.45, 2.75) is 83.3 Å². The normalized spacial score (nSPS) is 30.3. The lowest BCUT2D eigenvalue weighted by atomic mass is 10.0. The third-order valence-corrected chi connectivity index (χ3v) is 5.16. The van der Waals surface area contributed by atoms with E-state index in [0.717, 1.165) is 24.2 Å². The Morgan fingerprint density at radius 2 is 1.90 bits per heavy atom. The third-order valence-electron chi connectivity index (χ3n) is 5.16. The Labute approximate surface area is 173 Å². The molecule has 2 aliphatic rings. The number of carbonyl (C=O) groups is 1. The monoisotopic (exact) mass is 404 g/mol. The molecule has 0 amide bonds. The summed E-state index contributed by atoms with van der Waals surface area (Å²) in [5.74, 6) is -0.126. The molecule has 3 rings (SSSR count). The fraction of sp³-hybridized carbons (Fsp3) is 0.609. The van der Waals surface area contributed by atoms with E-state index in [9.17, 15) is 4.79 Å². The molecule has 0 N–H and O–H groups in total. The van der Waals surface area contributed by atoms with Gasteiger partial charge in [-0.05, 0) is 44.4 Å². The molecule has 1 saturated heterocycles. The van der Waals surface area contributed by atoms with Crippen molar-refractivity contribution in [1.29, 1.82) is 0 Å². The van der Waals surface area contributed by atoms with Crippen LogP contribution in [0.2, 0.25) is 0 Å². The lowest BCUT2D eigenvalue weighted by Crippen LogP contribution is -2.39. The Morgan fingerprint density at radius 3 is 2.59 bits per heavy atom. The molecule has 160 valence electrons. The summed E-state index contributed by atoms with van der Waals surface area (Å²) >= 11 is 0. The van der Waals surface area contributed by atoms with Gasteiger partial charge in [-0.1, -0.05) is 37.6 Å². The number of methoxy groups -OCH3 is 1. The first-order chi connectivity index (χ1) is 13.9. The minimum atomic E-state index is -0.717. The first kappa shape index (κ1) is 21.8. The van der Waals surface area contributed by atoms with E-state index in [-0.39, 0.29) is 30.4 Å². The van der Waals surface area contributed by atoms with Crippen molar-refractivity contribution in [3.05, 3.63) is 42.0 Å². The van der Waals surface area contributed by atoms with Crippen molar-refractivity contribution in [2.24, 2.45) is 0 Å². The summed E-state index contributed by atoms with van der Waals surface area (Å²) in [7, 11) is 1.64. The zero-order chi connectivity index (χ0) is 20.9. The summed E-state index contributed by atoms with van der Waals surface area (Å²) in [5.41, 5.74) is 1.04. The molecule has 1 aromatic carbocycles. The summed E-state index contributed by atoms with van der Waals surface area (Å²) in [6.07, 6.45) is 5.41. The van der Waals surface area contributed by atoms with Gasteiger partial charge in [0.25, 0.3) is 0 Å². The van der Waals surface area contributed by atoms with Gasteiger partial charge in [0, 0.05) is 6.42 Å². The smallest absolute Gasteiger partial charge is 0.306 e. The number of hydrogen-bond donors (Lipinski definition) is 0. The maximum absolute atomic E-state index is 12.4. The molecule has 0 saturated carbocycles. The number of rotatable bonds is 6. The third kappa shape index (κ3) is 6.04. The number of fused-ring (bicyclic) bond motifs is 1. The van der Waals surface area contributed by atoms with Gasteiger partial charge < -0.3 is 23.7 Å². The van der Waals surface area contributed by atoms with Gasteiger partial charge >= 0.3 is 5.97 Å². The highest BCUT2D eigenvalue weighted by Crippen LogP contribution is 2.34. The van der Waals surface area contributed by atoms with Crippen LogP contribution in [0.25, 0.3) is 0 Å². The van der Waals surface area contributed by atoms with Gasteiger partial charge in [-0.2, -0.15) is 0 Å². The maximum atomic E-state index is 12.4. The largest absolute Gasteiger partial charge is 0.497 e. The quantitative estimate of drug-likeness (QED) is 0.524. The highest BCUT2D eigenvalue weighted by atomic mass is 16.8. The number of carbonyl (C=O) groups excluding carboxylic acids is 1. The van der Waals surface area contributed by atoms with E-state index in [0.29, 0.717) is 19.4 Å². The lowest BCUT2D eigenvalue weighted by Gasteiger charge is -2.27. The van der Waals surface area contributed by atoms with E-state index < -0.39 is 5.79 Å². The molecule has 29 heavy (non-hydrogen) atoms. The van der Waals surface area contributed by atoms with Gasteiger partial charge in [0.1, 0.15) is 24.1 Å². The molecule has 1 fully saturated rings. The Kier molecular flexibility index (Phi) is 7.33. The molecule has 4 atom stereocenters. The number of esters is 1. The van der Waals surface area contributed by atoms with Gasteiger partial charge in [0.05, 0.1) is 19.8 Å². The fourth-order valence-electron chi connectivity index (χ4n) is 3.71. The van der Waals surface area contributed by atoms with Crippen molar-refractivity contribution in [2.75, 3.05) is 7.11 Å². The second-order valence-electron chi connectivity index (χ2n) is 8.00. The molecule has 0 spiro atoms. The SMILES string of the molecule is CCC[C@H]1OC(=O)CC[C@H](OCc2ccc(OC)cc2)/C=C/[C@@H]2OC(C)(C)O[C@@H]21. The minimum absolute atomic E-state index is 0.208. The van der Waals surface area contributed by atoms with E-state index >= 15 is 0 Å². The van der Waals surface area contributed by atoms with Crippen molar-refractivity contribution >= 4 is 5.97 Å². The molecule has 6 heteroatoms. The number of benzene rings is 1. The molecular formula is C23H32O6. The summed E-state index contributed by atoms with van der Waals surface area (Å²) in [4.78, 5) is 12.4. The molecule has 2 aliphatic heterocycles. The van der Waals surface area contributed by atoms with E-state index in [1.54, 1.807) is 7.11 Å². The first-order valence-corrected chi connectivity index (χ1v) is 10.4. The maximum Gasteiger partial charge on any atom is 0.306 e. The lowest BCUT2D eigenvalue weighted by molar-refractivity contribution is -0.171. The van der Waals surface area contributed by atoms with E-state index in [2.05, 4.69) is 6.92 Å². The van der Waals surface area contributed by atoms with E-state index in [4.69, 9.17) is 23.7 Å². The van der Waals surface area contributed by atoms with E-state index in [1.807, 2.05) is 50.3 Å². The van der Waals surface area contributed by atoms with Gasteiger partial charge in [-0.3, -0.25) is 4.79 Å². The van der Waals surface area contributed by atoms with Crippen LogP contribution in [-0.2, 0) is 30.3 Å². The molecule has 0 unspecified atom stereocenters. The fourth-order valence-corrected chi connectivity index (χ4v) is 3.71. The summed E-state index contributed by atoms with van der Waals surface area (Å²) < 4.78 is 29.2. The molecule has 1 aromatic rings. The van der Waals surface area contributed by atoms with Crippen molar-refractivity contribution in [1.82, 2.24) is 0 Å². The van der Waals surface area contributed by atoms with Crippen molar-refractivity contribution in [3.63, 3.8) is 0 Å². The molecule has 0 aromatic heterocycles. The van der Waals surface area contributed by atoms with Gasteiger partial charge in [0.2, 0.25) is 0 Å². The molecule has 0 bridgehead atoms. The summed E-state index contributed by atoms with van der Waals surface area (Å²) in [5, 5.41) is 0. The zero-order valence-electron chi connectivity index (χ0n) is 17.8. The summed E-state index contributed by atoms with van der Waals surface area (Å²) in [6, 6.07) is 7.75. The first-order valence-electron chi connectivity index (χ1n) is 10.4.